The van der Waals surface area contributed by atoms with Crippen LogP contribution in [0, 0.1) is 0 Å². The van der Waals surface area contributed by atoms with Gasteiger partial charge in [-0.05, 0) is 17.7 Å². The lowest BCUT2D eigenvalue weighted by Gasteiger charge is -2.04. The largest absolute Gasteiger partial charge is 0.490 e. The number of imidazole rings is 1. The zero-order valence-corrected chi connectivity index (χ0v) is 9.02. The van der Waals surface area contributed by atoms with Crippen molar-refractivity contribution >= 4 is 0 Å². The Hall–Kier alpha value is -2.03. The summed E-state index contributed by atoms with van der Waals surface area (Å²) in [6.45, 7) is 4.15. The number of H-pyrrole nitrogens is 1. The molecule has 3 nitrogen and oxygen atoms in total. The Morgan fingerprint density at radius 2 is 2.12 bits per heavy atom. The standard InChI is InChI=1S/C13H14N2O/c1-2-9-16-12-5-3-11(4-6-12)10-13-14-7-8-15-13/h2-8H,1,9-10H2,(H,14,15). The van der Waals surface area contributed by atoms with E-state index < -0.39 is 0 Å². The lowest BCUT2D eigenvalue weighted by molar-refractivity contribution is 0.363. The molecule has 3 heteroatoms. The highest BCUT2D eigenvalue weighted by molar-refractivity contribution is 5.29. The molecule has 1 N–H and O–H groups in total. The maximum Gasteiger partial charge on any atom is 0.119 e. The summed E-state index contributed by atoms with van der Waals surface area (Å²) in [6, 6.07) is 8.01. The first-order valence-electron chi connectivity index (χ1n) is 5.19. The maximum atomic E-state index is 5.40. The van der Waals surface area contributed by atoms with Crippen LogP contribution in [0.15, 0.2) is 49.3 Å². The summed E-state index contributed by atoms with van der Waals surface area (Å²) in [4.78, 5) is 7.26. The molecule has 82 valence electrons. The Balaban J connectivity index is 1.99. The molecule has 0 aliphatic heterocycles. The fourth-order valence-corrected chi connectivity index (χ4v) is 1.45. The number of ether oxygens (including phenoxy) is 1. The Morgan fingerprint density at radius 1 is 1.31 bits per heavy atom. The van der Waals surface area contributed by atoms with Gasteiger partial charge in [-0.15, -0.1) is 0 Å². The minimum atomic E-state index is 0.539. The molecule has 0 amide bonds. The van der Waals surface area contributed by atoms with Gasteiger partial charge in [-0.3, -0.25) is 0 Å². The number of hydrogen-bond donors (Lipinski definition) is 1. The highest BCUT2D eigenvalue weighted by atomic mass is 16.5. The summed E-state index contributed by atoms with van der Waals surface area (Å²) in [6.07, 6.45) is 6.14. The third kappa shape index (κ3) is 2.73. The van der Waals surface area contributed by atoms with Crippen molar-refractivity contribution in [3.05, 3.63) is 60.7 Å². The Labute approximate surface area is 94.8 Å². The molecule has 1 aromatic heterocycles. The number of hydrogen-bond acceptors (Lipinski definition) is 2. The molecule has 0 bridgehead atoms. The fraction of sp³-hybridized carbons (Fsp3) is 0.154. The third-order valence-electron chi connectivity index (χ3n) is 2.22. The van der Waals surface area contributed by atoms with E-state index in [1.807, 2.05) is 30.5 Å². The second-order valence-electron chi connectivity index (χ2n) is 3.46. The summed E-state index contributed by atoms with van der Waals surface area (Å²) < 4.78 is 5.40. The van der Waals surface area contributed by atoms with Gasteiger partial charge in [0, 0.05) is 18.8 Å². The van der Waals surface area contributed by atoms with Gasteiger partial charge in [0.15, 0.2) is 0 Å². The van der Waals surface area contributed by atoms with Gasteiger partial charge in [0.05, 0.1) is 0 Å². The van der Waals surface area contributed by atoms with Gasteiger partial charge in [0.2, 0.25) is 0 Å². The van der Waals surface area contributed by atoms with E-state index in [1.54, 1.807) is 12.3 Å². The molecule has 0 spiro atoms. The normalized spacial score (nSPS) is 10.0. The van der Waals surface area contributed by atoms with E-state index in [0.717, 1.165) is 18.0 Å². The SMILES string of the molecule is C=CCOc1ccc(Cc2ncc[nH]2)cc1. The Bertz CT molecular complexity index is 431. The molecule has 0 saturated carbocycles. The van der Waals surface area contributed by atoms with Crippen LogP contribution in [0.25, 0.3) is 0 Å². The first kappa shape index (κ1) is 10.5. The van der Waals surface area contributed by atoms with Gasteiger partial charge in [0.1, 0.15) is 18.2 Å². The van der Waals surface area contributed by atoms with Crippen molar-refractivity contribution < 1.29 is 4.74 Å². The lowest BCUT2D eigenvalue weighted by atomic mass is 10.1. The van der Waals surface area contributed by atoms with Gasteiger partial charge in [-0.1, -0.05) is 24.8 Å². The van der Waals surface area contributed by atoms with Crippen LogP contribution < -0.4 is 4.74 Å². The molecule has 2 rings (SSSR count). The number of aromatic amines is 1. The first-order valence-corrected chi connectivity index (χ1v) is 5.19. The number of benzene rings is 1. The van der Waals surface area contributed by atoms with Crippen LogP contribution >= 0.6 is 0 Å². The zero-order valence-electron chi connectivity index (χ0n) is 9.02. The van der Waals surface area contributed by atoms with Gasteiger partial charge < -0.3 is 9.72 Å². The molecule has 0 aliphatic carbocycles. The van der Waals surface area contributed by atoms with Gasteiger partial charge >= 0.3 is 0 Å². The molecule has 0 fully saturated rings. The topological polar surface area (TPSA) is 37.9 Å². The first-order chi connectivity index (χ1) is 7.88. The third-order valence-corrected chi connectivity index (χ3v) is 2.22. The molecule has 1 heterocycles. The van der Waals surface area contributed by atoms with Gasteiger partial charge in [-0.2, -0.15) is 0 Å². The van der Waals surface area contributed by atoms with E-state index in [-0.39, 0.29) is 0 Å². The molecule has 1 aromatic carbocycles. The highest BCUT2D eigenvalue weighted by Crippen LogP contribution is 2.13. The summed E-state index contributed by atoms with van der Waals surface area (Å²) >= 11 is 0. The van der Waals surface area contributed by atoms with E-state index >= 15 is 0 Å². The average Bonchev–Trinajstić information content (AvgIpc) is 2.81. The average molecular weight is 214 g/mol. The molecule has 0 unspecified atom stereocenters. The van der Waals surface area contributed by atoms with Crippen LogP contribution in [0.5, 0.6) is 5.75 Å². The number of rotatable bonds is 5. The Morgan fingerprint density at radius 3 is 2.75 bits per heavy atom. The van der Waals surface area contributed by atoms with Crippen molar-refractivity contribution in [3.8, 4) is 5.75 Å². The Kier molecular flexibility index (Phi) is 3.38. The van der Waals surface area contributed by atoms with Crippen molar-refractivity contribution in [2.75, 3.05) is 6.61 Å². The van der Waals surface area contributed by atoms with E-state index in [4.69, 9.17) is 4.74 Å². The smallest absolute Gasteiger partial charge is 0.119 e. The predicted molar refractivity (Wildman–Crippen MR) is 63.5 cm³/mol. The fourth-order valence-electron chi connectivity index (χ4n) is 1.45. The van der Waals surface area contributed by atoms with Crippen LogP contribution in [0.1, 0.15) is 11.4 Å². The van der Waals surface area contributed by atoms with E-state index in [0.29, 0.717) is 6.61 Å². The molecule has 0 aliphatic rings. The zero-order chi connectivity index (χ0) is 11.2. The monoisotopic (exact) mass is 214 g/mol. The maximum absolute atomic E-state index is 5.40. The van der Waals surface area contributed by atoms with Crippen LogP contribution in [0.4, 0.5) is 0 Å². The van der Waals surface area contributed by atoms with Crippen molar-refractivity contribution in [3.63, 3.8) is 0 Å². The second kappa shape index (κ2) is 5.16. The summed E-state index contributed by atoms with van der Waals surface area (Å²) in [5.74, 6) is 1.84. The summed E-state index contributed by atoms with van der Waals surface area (Å²) in [5, 5.41) is 0. The number of aromatic nitrogens is 2. The van der Waals surface area contributed by atoms with Crippen molar-refractivity contribution in [2.24, 2.45) is 0 Å². The molecule has 0 saturated heterocycles. The van der Waals surface area contributed by atoms with Crippen molar-refractivity contribution in [2.45, 2.75) is 6.42 Å². The predicted octanol–water partition coefficient (Wildman–Crippen LogP) is 2.57. The molecular weight excluding hydrogens is 200 g/mol. The van der Waals surface area contributed by atoms with E-state index in [1.165, 1.54) is 5.56 Å². The van der Waals surface area contributed by atoms with Crippen LogP contribution in [-0.4, -0.2) is 16.6 Å². The lowest BCUT2D eigenvalue weighted by Crippen LogP contribution is -1.94. The van der Waals surface area contributed by atoms with Crippen molar-refractivity contribution in [1.82, 2.24) is 9.97 Å². The van der Waals surface area contributed by atoms with Gasteiger partial charge in [-0.25, -0.2) is 4.98 Å². The van der Waals surface area contributed by atoms with Crippen LogP contribution in [0.3, 0.4) is 0 Å². The number of nitrogens with zero attached hydrogens (tertiary/aromatic N) is 1. The van der Waals surface area contributed by atoms with Crippen molar-refractivity contribution in [1.29, 1.82) is 0 Å². The van der Waals surface area contributed by atoms with Gasteiger partial charge in [0.25, 0.3) is 0 Å². The molecule has 0 atom stereocenters. The minimum Gasteiger partial charge on any atom is -0.490 e. The quantitative estimate of drug-likeness (QED) is 0.777. The molecule has 0 radical (unpaired) electrons. The highest BCUT2D eigenvalue weighted by Gasteiger charge is 1.98. The van der Waals surface area contributed by atoms with E-state index in [9.17, 15) is 0 Å². The second-order valence-corrected chi connectivity index (χ2v) is 3.46. The van der Waals surface area contributed by atoms with Crippen LogP contribution in [-0.2, 0) is 6.42 Å². The molecule has 2 aromatic rings. The van der Waals surface area contributed by atoms with E-state index in [2.05, 4.69) is 16.5 Å². The molecular formula is C13H14N2O. The minimum absolute atomic E-state index is 0.539. The summed E-state index contributed by atoms with van der Waals surface area (Å²) in [5.41, 5.74) is 1.21. The van der Waals surface area contributed by atoms with Crippen LogP contribution in [0.2, 0.25) is 0 Å². The number of nitrogens with one attached hydrogen (secondary N) is 1. The molecule has 16 heavy (non-hydrogen) atoms. The summed E-state index contributed by atoms with van der Waals surface area (Å²) in [7, 11) is 0.